The van der Waals surface area contributed by atoms with Gasteiger partial charge in [-0.3, -0.25) is 0 Å². The van der Waals surface area contributed by atoms with Gasteiger partial charge >= 0.3 is 0 Å². The number of rotatable bonds is 6. The maximum atomic E-state index is 13.2. The van der Waals surface area contributed by atoms with Crippen LogP contribution in [0.3, 0.4) is 0 Å². The van der Waals surface area contributed by atoms with Gasteiger partial charge in [0.15, 0.2) is 0 Å². The first-order chi connectivity index (χ1) is 14.1. The summed E-state index contributed by atoms with van der Waals surface area (Å²) in [6, 6.07) is 25.9. The zero-order valence-corrected chi connectivity index (χ0v) is 16.9. The van der Waals surface area contributed by atoms with Crippen molar-refractivity contribution in [1.29, 1.82) is 0 Å². The summed E-state index contributed by atoms with van der Waals surface area (Å²) in [6.07, 6.45) is 3.56. The summed E-state index contributed by atoms with van der Waals surface area (Å²) in [5, 5.41) is -0.0291. The monoisotopic (exact) mass is 402 g/mol. The van der Waals surface area contributed by atoms with Crippen molar-refractivity contribution in [2.24, 2.45) is 0 Å². The van der Waals surface area contributed by atoms with Gasteiger partial charge in [0.25, 0.3) is 0 Å². The van der Waals surface area contributed by atoms with Crippen molar-refractivity contribution in [2.75, 3.05) is 0 Å². The summed E-state index contributed by atoms with van der Waals surface area (Å²) >= 11 is 0. The van der Waals surface area contributed by atoms with Crippen molar-refractivity contribution < 1.29 is 8.42 Å². The second-order valence-electron chi connectivity index (χ2n) is 7.09. The molecule has 0 atom stereocenters. The fourth-order valence-corrected chi connectivity index (χ4v) is 5.02. The summed E-state index contributed by atoms with van der Waals surface area (Å²) in [5.41, 5.74) is 4.13. The van der Waals surface area contributed by atoms with Gasteiger partial charge in [0.2, 0.25) is 15.0 Å². The molecule has 29 heavy (non-hydrogen) atoms. The number of hydrogen-bond acceptors (Lipinski definition) is 3. The molecule has 0 fully saturated rings. The molecule has 0 aliphatic carbocycles. The summed E-state index contributed by atoms with van der Waals surface area (Å²) in [5.74, 6) is 0.0461. The molecule has 4 aromatic rings. The van der Waals surface area contributed by atoms with Gasteiger partial charge in [0.05, 0.1) is 4.90 Å². The smallest absolute Gasteiger partial charge is 0.240 e. The Morgan fingerprint density at radius 3 is 2.07 bits per heavy atom. The Bertz CT molecular complexity index is 1150. The van der Waals surface area contributed by atoms with Crippen molar-refractivity contribution in [3.8, 4) is 0 Å². The maximum Gasteiger partial charge on any atom is 0.240 e. The van der Waals surface area contributed by atoms with Crippen LogP contribution in [-0.4, -0.2) is 18.4 Å². The van der Waals surface area contributed by atoms with Crippen LogP contribution in [-0.2, 0) is 16.3 Å². The van der Waals surface area contributed by atoms with E-state index in [4.69, 9.17) is 0 Å². The van der Waals surface area contributed by atoms with Crippen LogP contribution >= 0.6 is 0 Å². The second-order valence-corrected chi connectivity index (χ2v) is 8.92. The lowest BCUT2D eigenvalue weighted by atomic mass is 9.86. The van der Waals surface area contributed by atoms with Gasteiger partial charge in [0, 0.05) is 18.3 Å². The van der Waals surface area contributed by atoms with Crippen LogP contribution < -0.4 is 0 Å². The van der Waals surface area contributed by atoms with Crippen LogP contribution in [0.25, 0.3) is 0 Å². The molecule has 0 saturated heterocycles. The lowest BCUT2D eigenvalue weighted by Gasteiger charge is -2.20. The molecule has 0 aliphatic heterocycles. The first-order valence-corrected chi connectivity index (χ1v) is 11.0. The summed E-state index contributed by atoms with van der Waals surface area (Å²) in [4.78, 5) is 7.02. The Balaban J connectivity index is 1.82. The van der Waals surface area contributed by atoms with Crippen LogP contribution in [0.4, 0.5) is 0 Å². The minimum Gasteiger partial charge on any atom is -0.335 e. The molecular formula is C24H22N2O2S. The zero-order chi connectivity index (χ0) is 20.3. The van der Waals surface area contributed by atoms with Gasteiger partial charge in [-0.25, -0.2) is 13.4 Å². The molecule has 0 unspecified atom stereocenters. The number of aryl methyl sites for hydroxylation is 1. The third-order valence-corrected chi connectivity index (χ3v) is 6.77. The van der Waals surface area contributed by atoms with E-state index in [9.17, 15) is 8.42 Å². The number of H-pyrrole nitrogens is 1. The number of nitrogens with zero attached hydrogens (tertiary/aromatic N) is 1. The highest BCUT2D eigenvalue weighted by Crippen LogP contribution is 2.32. The molecular weight excluding hydrogens is 380 g/mol. The fraction of sp³-hybridized carbons (Fsp3) is 0.125. The molecule has 3 aromatic carbocycles. The molecule has 0 saturated carbocycles. The van der Waals surface area contributed by atoms with Crippen molar-refractivity contribution in [2.45, 2.75) is 29.3 Å². The summed E-state index contributed by atoms with van der Waals surface area (Å²) < 4.78 is 26.4. The summed E-state index contributed by atoms with van der Waals surface area (Å²) in [7, 11) is -3.72. The van der Waals surface area contributed by atoms with Crippen LogP contribution in [0, 0.1) is 6.92 Å². The first-order valence-electron chi connectivity index (χ1n) is 9.49. The minimum atomic E-state index is -3.72. The molecule has 146 valence electrons. The van der Waals surface area contributed by atoms with Gasteiger partial charge in [-0.1, -0.05) is 78.4 Å². The van der Waals surface area contributed by atoms with Crippen LogP contribution in [0.1, 0.15) is 28.2 Å². The van der Waals surface area contributed by atoms with E-state index in [2.05, 4.69) is 34.2 Å². The molecule has 0 amide bonds. The molecule has 1 heterocycles. The van der Waals surface area contributed by atoms with Gasteiger partial charge in [-0.15, -0.1) is 0 Å². The SMILES string of the molecule is Cc1ccc(S(=O)(=O)c2ncc[nH]2)c(CC(c2ccccc2)c2ccccc2)c1. The second kappa shape index (κ2) is 8.05. The van der Waals surface area contributed by atoms with E-state index in [0.29, 0.717) is 11.3 Å². The summed E-state index contributed by atoms with van der Waals surface area (Å²) in [6.45, 7) is 1.98. The van der Waals surface area contributed by atoms with E-state index < -0.39 is 9.84 Å². The number of imidazole rings is 1. The third-order valence-electron chi connectivity index (χ3n) is 5.06. The predicted molar refractivity (Wildman–Crippen MR) is 114 cm³/mol. The number of aromatic amines is 1. The Hall–Kier alpha value is -3.18. The highest BCUT2D eigenvalue weighted by molar-refractivity contribution is 7.91. The molecule has 4 nitrogen and oxygen atoms in total. The number of aromatic nitrogens is 2. The average Bonchev–Trinajstić information content (AvgIpc) is 3.29. The Morgan fingerprint density at radius 2 is 1.52 bits per heavy atom. The van der Waals surface area contributed by atoms with Crippen molar-refractivity contribution in [1.82, 2.24) is 9.97 Å². The molecule has 0 bridgehead atoms. The number of benzene rings is 3. The largest absolute Gasteiger partial charge is 0.335 e. The number of sulfone groups is 1. The molecule has 0 aliphatic rings. The quantitative estimate of drug-likeness (QED) is 0.498. The molecule has 1 N–H and O–H groups in total. The van der Waals surface area contributed by atoms with E-state index >= 15 is 0 Å². The van der Waals surface area contributed by atoms with Crippen LogP contribution in [0.2, 0.25) is 0 Å². The van der Waals surface area contributed by atoms with E-state index in [1.165, 1.54) is 12.4 Å². The standard InChI is InChI=1S/C24H22N2O2S/c1-18-12-13-23(29(27,28)24-25-14-15-26-24)21(16-18)17-22(19-8-4-2-5-9-19)20-10-6-3-7-11-20/h2-16,22H,17H2,1H3,(H,25,26). The Morgan fingerprint density at radius 1 is 0.897 bits per heavy atom. The van der Waals surface area contributed by atoms with Gasteiger partial charge in [-0.05, 0) is 36.1 Å². The van der Waals surface area contributed by atoms with Crippen LogP contribution in [0.5, 0.6) is 0 Å². The highest BCUT2D eigenvalue weighted by Gasteiger charge is 2.26. The van der Waals surface area contributed by atoms with E-state index in [1.54, 1.807) is 6.07 Å². The average molecular weight is 403 g/mol. The molecule has 1 aromatic heterocycles. The van der Waals surface area contributed by atoms with Gasteiger partial charge in [-0.2, -0.15) is 0 Å². The van der Waals surface area contributed by atoms with Crippen molar-refractivity contribution in [3.05, 3.63) is 114 Å². The third kappa shape index (κ3) is 4.00. The zero-order valence-electron chi connectivity index (χ0n) is 16.1. The lowest BCUT2D eigenvalue weighted by molar-refractivity contribution is 0.587. The van der Waals surface area contributed by atoms with Crippen molar-refractivity contribution in [3.63, 3.8) is 0 Å². The minimum absolute atomic E-state index is 0.0291. The van der Waals surface area contributed by atoms with Crippen LogP contribution in [0.15, 0.2) is 101 Å². The molecule has 5 heteroatoms. The first kappa shape index (κ1) is 19.2. The normalized spacial score (nSPS) is 11.7. The molecule has 0 spiro atoms. The Labute approximate surface area is 171 Å². The molecule has 0 radical (unpaired) electrons. The Kier molecular flexibility index (Phi) is 5.32. The van der Waals surface area contributed by atoms with E-state index in [1.807, 2.05) is 55.5 Å². The fourth-order valence-electron chi connectivity index (χ4n) is 3.65. The number of hydrogen-bond donors (Lipinski definition) is 1. The topological polar surface area (TPSA) is 62.8 Å². The van der Waals surface area contributed by atoms with Gasteiger partial charge in [0.1, 0.15) is 0 Å². The maximum absolute atomic E-state index is 13.2. The predicted octanol–water partition coefficient (Wildman–Crippen LogP) is 4.93. The van der Waals surface area contributed by atoms with Gasteiger partial charge < -0.3 is 4.98 Å². The number of nitrogens with one attached hydrogen (secondary N) is 1. The highest BCUT2D eigenvalue weighted by atomic mass is 32.2. The van der Waals surface area contributed by atoms with Crippen molar-refractivity contribution >= 4 is 9.84 Å². The van der Waals surface area contributed by atoms with E-state index in [-0.39, 0.29) is 11.1 Å². The lowest BCUT2D eigenvalue weighted by Crippen LogP contribution is -2.12. The van der Waals surface area contributed by atoms with E-state index in [0.717, 1.165) is 22.3 Å². The molecule has 4 rings (SSSR count).